The highest BCUT2D eigenvalue weighted by Crippen LogP contribution is 2.54. The molecule has 66 heavy (non-hydrogen) atoms. The third kappa shape index (κ3) is 8.27. The zero-order valence-electron chi connectivity index (χ0n) is 37.6. The highest BCUT2D eigenvalue weighted by atomic mass is 15.2. The first kappa shape index (κ1) is 41.6. The minimum Gasteiger partial charge on any atom is -0.310 e. The van der Waals surface area contributed by atoms with Crippen LogP contribution in [-0.4, -0.2) is 0 Å². The second-order valence-electron chi connectivity index (χ2n) is 16.7. The summed E-state index contributed by atoms with van der Waals surface area (Å²) in [5.74, 6) is 0. The smallest absolute Gasteiger partial charge is 0.0562 e. The van der Waals surface area contributed by atoms with Crippen LogP contribution >= 0.6 is 0 Å². The SMILES string of the molecule is Cc1c(N(c2ccccc2)c2cccc(-c3ccccc3)c2)c(C)c(N(c2ccccc2)c2cccc(-c3ccccc3)c2)c(C)c1N(c1ccccc1)c1cccc(-c2ccccc2)c1. The predicted molar refractivity (Wildman–Crippen MR) is 281 cm³/mol. The van der Waals surface area contributed by atoms with Crippen molar-refractivity contribution in [3.8, 4) is 33.4 Å². The predicted octanol–water partition coefficient (Wildman–Crippen LogP) is 18.0. The Morgan fingerprint density at radius 3 is 0.636 bits per heavy atom. The number of benzene rings is 10. The van der Waals surface area contributed by atoms with E-state index in [0.29, 0.717) is 0 Å². The quantitative estimate of drug-likeness (QED) is 0.121. The van der Waals surface area contributed by atoms with Crippen molar-refractivity contribution in [2.45, 2.75) is 20.8 Å². The monoisotopic (exact) mass is 849 g/mol. The summed E-state index contributed by atoms with van der Waals surface area (Å²) >= 11 is 0. The molecule has 0 bridgehead atoms. The molecule has 0 heterocycles. The van der Waals surface area contributed by atoms with Crippen molar-refractivity contribution < 1.29 is 0 Å². The second kappa shape index (κ2) is 18.8. The molecule has 0 fully saturated rings. The van der Waals surface area contributed by atoms with Crippen LogP contribution in [0.15, 0.2) is 255 Å². The summed E-state index contributed by atoms with van der Waals surface area (Å²) < 4.78 is 0. The van der Waals surface area contributed by atoms with E-state index >= 15 is 0 Å². The Morgan fingerprint density at radius 1 is 0.197 bits per heavy atom. The molecule has 3 heteroatoms. The van der Waals surface area contributed by atoms with Crippen LogP contribution in [0.25, 0.3) is 33.4 Å². The molecule has 10 aromatic carbocycles. The molecule has 318 valence electrons. The van der Waals surface area contributed by atoms with Gasteiger partial charge in [0.05, 0.1) is 17.1 Å². The summed E-state index contributed by atoms with van der Waals surface area (Å²) in [6.07, 6.45) is 0. The molecule has 0 aliphatic carbocycles. The lowest BCUT2D eigenvalue weighted by molar-refractivity contribution is 1.14. The van der Waals surface area contributed by atoms with Crippen LogP contribution in [0.3, 0.4) is 0 Å². The van der Waals surface area contributed by atoms with E-state index in [1.54, 1.807) is 0 Å². The van der Waals surface area contributed by atoms with Gasteiger partial charge in [-0.1, -0.05) is 182 Å². The lowest BCUT2D eigenvalue weighted by Gasteiger charge is -2.38. The first-order chi connectivity index (χ1) is 32.5. The van der Waals surface area contributed by atoms with Crippen molar-refractivity contribution in [2.75, 3.05) is 14.7 Å². The molecular weight excluding hydrogens is 799 g/mol. The molecule has 0 radical (unpaired) electrons. The number of anilines is 9. The Kier molecular flexibility index (Phi) is 11.8. The molecule has 0 spiro atoms. The topological polar surface area (TPSA) is 9.72 Å². The van der Waals surface area contributed by atoms with Crippen molar-refractivity contribution in [1.82, 2.24) is 0 Å². The van der Waals surface area contributed by atoms with Gasteiger partial charge in [-0.25, -0.2) is 0 Å². The Hall–Kier alpha value is -8.40. The molecule has 0 amide bonds. The van der Waals surface area contributed by atoms with E-state index in [1.807, 2.05) is 0 Å². The van der Waals surface area contributed by atoms with Crippen LogP contribution in [-0.2, 0) is 0 Å². The molecule has 3 nitrogen and oxygen atoms in total. The molecular formula is C63H51N3. The number of para-hydroxylation sites is 3. The van der Waals surface area contributed by atoms with Gasteiger partial charge in [0.25, 0.3) is 0 Å². The standard InChI is InChI=1S/C63H51N3/c1-46-61(64(55-34-16-7-17-35-55)58-40-22-31-52(43-58)49-25-10-4-11-26-49)47(2)63(66(57-38-20-9-21-39-57)60-42-24-33-54(45-60)51-29-14-6-15-30-51)48(3)62(46)65(56-36-18-8-19-37-56)59-41-23-32-53(44-59)50-27-12-5-13-28-50/h4-45H,1-3H3. The largest absolute Gasteiger partial charge is 0.310 e. The van der Waals surface area contributed by atoms with E-state index < -0.39 is 0 Å². The van der Waals surface area contributed by atoms with Crippen molar-refractivity contribution in [3.63, 3.8) is 0 Å². The maximum absolute atomic E-state index is 2.47. The Labute approximate surface area is 389 Å². The molecule has 0 saturated heterocycles. The van der Waals surface area contributed by atoms with Gasteiger partial charge in [0.2, 0.25) is 0 Å². The normalized spacial score (nSPS) is 11.0. The van der Waals surface area contributed by atoms with Crippen LogP contribution in [0.1, 0.15) is 16.7 Å². The third-order valence-electron chi connectivity index (χ3n) is 12.5. The van der Waals surface area contributed by atoms with Gasteiger partial charge in [0.15, 0.2) is 0 Å². The molecule has 0 aromatic heterocycles. The van der Waals surface area contributed by atoms with Crippen molar-refractivity contribution in [2.24, 2.45) is 0 Å². The number of nitrogens with zero attached hydrogens (tertiary/aromatic N) is 3. The fourth-order valence-corrected chi connectivity index (χ4v) is 9.50. The van der Waals surface area contributed by atoms with Crippen LogP contribution in [0, 0.1) is 20.8 Å². The molecule has 0 unspecified atom stereocenters. The highest BCUT2D eigenvalue weighted by molar-refractivity contribution is 5.98. The lowest BCUT2D eigenvalue weighted by Crippen LogP contribution is -2.22. The van der Waals surface area contributed by atoms with E-state index in [0.717, 1.165) is 84.6 Å². The minimum absolute atomic E-state index is 1.07. The first-order valence-electron chi connectivity index (χ1n) is 22.7. The Bertz CT molecular complexity index is 2840. The van der Waals surface area contributed by atoms with Crippen molar-refractivity contribution >= 4 is 51.2 Å². The van der Waals surface area contributed by atoms with E-state index in [4.69, 9.17) is 0 Å². The van der Waals surface area contributed by atoms with Gasteiger partial charge in [0.1, 0.15) is 0 Å². The van der Waals surface area contributed by atoms with Crippen LogP contribution in [0.2, 0.25) is 0 Å². The molecule has 10 rings (SSSR count). The summed E-state index contributed by atoms with van der Waals surface area (Å²) in [7, 11) is 0. The zero-order valence-corrected chi connectivity index (χ0v) is 37.6. The molecule has 0 N–H and O–H groups in total. The maximum Gasteiger partial charge on any atom is 0.0562 e. The summed E-state index contributed by atoms with van der Waals surface area (Å²) in [5, 5.41) is 0. The van der Waals surface area contributed by atoms with Gasteiger partial charge >= 0.3 is 0 Å². The second-order valence-corrected chi connectivity index (χ2v) is 16.7. The van der Waals surface area contributed by atoms with E-state index in [-0.39, 0.29) is 0 Å². The average Bonchev–Trinajstić information content (AvgIpc) is 3.39. The van der Waals surface area contributed by atoms with E-state index in [2.05, 4.69) is 290 Å². The fraction of sp³-hybridized carbons (Fsp3) is 0.0476. The summed E-state index contributed by atoms with van der Waals surface area (Å²) in [6.45, 7) is 6.93. The van der Waals surface area contributed by atoms with Crippen LogP contribution in [0.5, 0.6) is 0 Å². The maximum atomic E-state index is 2.47. The summed E-state index contributed by atoms with van der Waals surface area (Å²) in [5.41, 5.74) is 20.2. The minimum atomic E-state index is 1.07. The fourth-order valence-electron chi connectivity index (χ4n) is 9.50. The van der Waals surface area contributed by atoms with Gasteiger partial charge in [-0.2, -0.15) is 0 Å². The van der Waals surface area contributed by atoms with Gasteiger partial charge in [-0.05, 0) is 144 Å². The van der Waals surface area contributed by atoms with Gasteiger partial charge < -0.3 is 14.7 Å². The van der Waals surface area contributed by atoms with E-state index in [9.17, 15) is 0 Å². The molecule has 0 aliphatic heterocycles. The average molecular weight is 850 g/mol. The zero-order chi connectivity index (χ0) is 44.8. The van der Waals surface area contributed by atoms with Gasteiger partial charge in [-0.3, -0.25) is 0 Å². The molecule has 10 aromatic rings. The van der Waals surface area contributed by atoms with Crippen LogP contribution < -0.4 is 14.7 Å². The first-order valence-corrected chi connectivity index (χ1v) is 22.7. The molecule has 0 atom stereocenters. The summed E-state index contributed by atoms with van der Waals surface area (Å²) in [4.78, 5) is 7.41. The van der Waals surface area contributed by atoms with Gasteiger partial charge in [-0.15, -0.1) is 0 Å². The van der Waals surface area contributed by atoms with Crippen molar-refractivity contribution in [3.05, 3.63) is 271 Å². The van der Waals surface area contributed by atoms with Crippen LogP contribution in [0.4, 0.5) is 51.2 Å². The van der Waals surface area contributed by atoms with Gasteiger partial charge in [0, 0.05) is 34.1 Å². The number of rotatable bonds is 12. The summed E-state index contributed by atoms with van der Waals surface area (Å²) in [6, 6.07) is 91.4. The number of hydrogen-bond acceptors (Lipinski definition) is 3. The number of hydrogen-bond donors (Lipinski definition) is 0. The molecule has 0 saturated carbocycles. The lowest BCUT2D eigenvalue weighted by atomic mass is 9.93. The third-order valence-corrected chi connectivity index (χ3v) is 12.5. The Balaban J connectivity index is 1.31. The molecule has 0 aliphatic rings. The van der Waals surface area contributed by atoms with Crippen molar-refractivity contribution in [1.29, 1.82) is 0 Å². The Morgan fingerprint density at radius 2 is 0.394 bits per heavy atom. The van der Waals surface area contributed by atoms with E-state index in [1.165, 1.54) is 16.7 Å². The highest BCUT2D eigenvalue weighted by Gasteiger charge is 2.31.